The molecule has 1 aliphatic carbocycles. The SMILES string of the molecule is O=C(O)c1cc2ccccc2nc1SCC1CCCC1. The van der Waals surface area contributed by atoms with Crippen LogP contribution in [-0.2, 0) is 0 Å². The fraction of sp³-hybridized carbons (Fsp3) is 0.375. The van der Waals surface area contributed by atoms with Crippen molar-refractivity contribution in [2.45, 2.75) is 30.7 Å². The molecule has 0 aliphatic heterocycles. The number of aromatic nitrogens is 1. The van der Waals surface area contributed by atoms with Gasteiger partial charge in [0, 0.05) is 11.1 Å². The number of pyridine rings is 1. The van der Waals surface area contributed by atoms with E-state index in [1.807, 2.05) is 24.3 Å². The molecule has 3 rings (SSSR count). The van der Waals surface area contributed by atoms with E-state index in [1.54, 1.807) is 17.8 Å². The van der Waals surface area contributed by atoms with Crippen molar-refractivity contribution in [3.63, 3.8) is 0 Å². The molecule has 0 saturated heterocycles. The van der Waals surface area contributed by atoms with Gasteiger partial charge in [0.1, 0.15) is 5.03 Å². The monoisotopic (exact) mass is 287 g/mol. The Hall–Kier alpha value is -1.55. The first kappa shape index (κ1) is 13.4. The molecular formula is C16H17NO2S. The Labute approximate surface area is 122 Å². The van der Waals surface area contributed by atoms with Crippen molar-refractivity contribution >= 4 is 28.6 Å². The van der Waals surface area contributed by atoms with Crippen molar-refractivity contribution in [3.05, 3.63) is 35.9 Å². The van der Waals surface area contributed by atoms with Crippen LogP contribution >= 0.6 is 11.8 Å². The summed E-state index contributed by atoms with van der Waals surface area (Å²) >= 11 is 1.60. The second-order valence-corrected chi connectivity index (χ2v) is 6.31. The van der Waals surface area contributed by atoms with E-state index in [2.05, 4.69) is 4.98 Å². The van der Waals surface area contributed by atoms with Gasteiger partial charge in [0.15, 0.2) is 0 Å². The van der Waals surface area contributed by atoms with E-state index in [9.17, 15) is 9.90 Å². The van der Waals surface area contributed by atoms with Gasteiger partial charge in [0.05, 0.1) is 11.1 Å². The van der Waals surface area contributed by atoms with Gasteiger partial charge in [0.25, 0.3) is 0 Å². The zero-order valence-corrected chi connectivity index (χ0v) is 12.0. The van der Waals surface area contributed by atoms with Gasteiger partial charge in [0.2, 0.25) is 0 Å². The Morgan fingerprint density at radius 3 is 2.80 bits per heavy atom. The number of nitrogens with zero attached hydrogens (tertiary/aromatic N) is 1. The van der Waals surface area contributed by atoms with E-state index in [4.69, 9.17) is 0 Å². The number of thioether (sulfide) groups is 1. The fourth-order valence-corrected chi connectivity index (χ4v) is 3.93. The smallest absolute Gasteiger partial charge is 0.338 e. The lowest BCUT2D eigenvalue weighted by Crippen LogP contribution is -2.04. The Morgan fingerprint density at radius 2 is 2.05 bits per heavy atom. The average Bonchev–Trinajstić information content (AvgIpc) is 2.97. The van der Waals surface area contributed by atoms with Gasteiger partial charge < -0.3 is 5.11 Å². The number of rotatable bonds is 4. The van der Waals surface area contributed by atoms with Gasteiger partial charge in [-0.15, -0.1) is 11.8 Å². The standard InChI is InChI=1S/C16H17NO2S/c18-16(19)13-9-12-7-3-4-8-14(12)17-15(13)20-10-11-5-1-2-6-11/h3-4,7-9,11H,1-2,5-6,10H2,(H,18,19). The number of fused-ring (bicyclic) bond motifs is 1. The highest BCUT2D eigenvalue weighted by molar-refractivity contribution is 7.99. The van der Waals surface area contributed by atoms with E-state index in [0.29, 0.717) is 10.6 Å². The number of hydrogen-bond acceptors (Lipinski definition) is 3. The molecule has 1 saturated carbocycles. The van der Waals surface area contributed by atoms with Crippen LogP contribution < -0.4 is 0 Å². The predicted octanol–water partition coefficient (Wildman–Crippen LogP) is 4.22. The van der Waals surface area contributed by atoms with Crippen LogP contribution in [0.25, 0.3) is 10.9 Å². The summed E-state index contributed by atoms with van der Waals surface area (Å²) in [6, 6.07) is 9.41. The largest absolute Gasteiger partial charge is 0.478 e. The Morgan fingerprint density at radius 1 is 1.30 bits per heavy atom. The predicted molar refractivity (Wildman–Crippen MR) is 81.4 cm³/mol. The van der Waals surface area contributed by atoms with E-state index < -0.39 is 5.97 Å². The molecule has 2 aromatic rings. The molecule has 104 valence electrons. The summed E-state index contributed by atoms with van der Waals surface area (Å²) < 4.78 is 0. The maximum Gasteiger partial charge on any atom is 0.338 e. The summed E-state index contributed by atoms with van der Waals surface area (Å²) in [6.45, 7) is 0. The molecule has 1 aromatic carbocycles. The van der Waals surface area contributed by atoms with Crippen LogP contribution in [0.4, 0.5) is 0 Å². The molecule has 1 aromatic heterocycles. The number of carboxylic acid groups (broad SMARTS) is 1. The molecule has 0 unspecified atom stereocenters. The van der Waals surface area contributed by atoms with Crippen LogP contribution in [0, 0.1) is 5.92 Å². The molecule has 0 amide bonds. The van der Waals surface area contributed by atoms with Crippen molar-refractivity contribution < 1.29 is 9.90 Å². The molecule has 0 atom stereocenters. The van der Waals surface area contributed by atoms with Gasteiger partial charge in [-0.3, -0.25) is 0 Å². The van der Waals surface area contributed by atoms with E-state index in [-0.39, 0.29) is 0 Å². The van der Waals surface area contributed by atoms with Crippen LogP contribution in [0.2, 0.25) is 0 Å². The molecular weight excluding hydrogens is 270 g/mol. The zero-order chi connectivity index (χ0) is 13.9. The molecule has 0 spiro atoms. The van der Waals surface area contributed by atoms with Gasteiger partial charge in [-0.25, -0.2) is 9.78 Å². The molecule has 1 N–H and O–H groups in total. The van der Waals surface area contributed by atoms with Crippen molar-refractivity contribution in [1.29, 1.82) is 0 Å². The Kier molecular flexibility index (Phi) is 3.92. The molecule has 1 fully saturated rings. The third-order valence-corrected chi connectivity index (χ3v) is 5.07. The van der Waals surface area contributed by atoms with Gasteiger partial charge in [-0.1, -0.05) is 31.0 Å². The first-order chi connectivity index (χ1) is 9.74. The van der Waals surface area contributed by atoms with Gasteiger partial charge >= 0.3 is 5.97 Å². The third kappa shape index (κ3) is 2.80. The highest BCUT2D eigenvalue weighted by Gasteiger charge is 2.18. The van der Waals surface area contributed by atoms with Crippen LogP contribution in [0.15, 0.2) is 35.4 Å². The third-order valence-electron chi connectivity index (χ3n) is 3.85. The minimum absolute atomic E-state index is 0.326. The number of carbonyl (C=O) groups is 1. The number of para-hydroxylation sites is 1. The summed E-state index contributed by atoms with van der Waals surface area (Å²) in [4.78, 5) is 15.9. The number of carboxylic acids is 1. The lowest BCUT2D eigenvalue weighted by Gasteiger charge is -2.10. The fourth-order valence-electron chi connectivity index (χ4n) is 2.74. The Bertz CT molecular complexity index is 635. The molecule has 1 heterocycles. The number of aromatic carboxylic acids is 1. The van der Waals surface area contributed by atoms with Crippen LogP contribution in [0.3, 0.4) is 0 Å². The molecule has 4 heteroatoms. The highest BCUT2D eigenvalue weighted by Crippen LogP contribution is 2.32. The molecule has 1 aliphatic rings. The summed E-state index contributed by atoms with van der Waals surface area (Å²) in [5.74, 6) is 0.804. The maximum absolute atomic E-state index is 11.4. The highest BCUT2D eigenvalue weighted by atomic mass is 32.2. The summed E-state index contributed by atoms with van der Waals surface area (Å²) in [7, 11) is 0. The van der Waals surface area contributed by atoms with Crippen molar-refractivity contribution in [1.82, 2.24) is 4.98 Å². The van der Waals surface area contributed by atoms with Crippen LogP contribution in [0.5, 0.6) is 0 Å². The second kappa shape index (κ2) is 5.83. The first-order valence-corrected chi connectivity index (χ1v) is 7.98. The minimum atomic E-state index is -0.892. The van der Waals surface area contributed by atoms with E-state index in [0.717, 1.165) is 22.6 Å². The first-order valence-electron chi connectivity index (χ1n) is 7.00. The summed E-state index contributed by atoms with van der Waals surface area (Å²) in [5.41, 5.74) is 1.19. The summed E-state index contributed by atoms with van der Waals surface area (Å²) in [6.07, 6.45) is 5.15. The second-order valence-electron chi connectivity index (χ2n) is 5.30. The minimum Gasteiger partial charge on any atom is -0.478 e. The quantitative estimate of drug-likeness (QED) is 0.856. The average molecular weight is 287 g/mol. The number of benzene rings is 1. The van der Waals surface area contributed by atoms with Crippen LogP contribution in [0.1, 0.15) is 36.0 Å². The van der Waals surface area contributed by atoms with E-state index >= 15 is 0 Å². The molecule has 3 nitrogen and oxygen atoms in total. The van der Waals surface area contributed by atoms with Crippen molar-refractivity contribution in [2.24, 2.45) is 5.92 Å². The summed E-state index contributed by atoms with van der Waals surface area (Å²) in [5, 5.41) is 10.9. The molecule has 0 bridgehead atoms. The topological polar surface area (TPSA) is 50.2 Å². The van der Waals surface area contributed by atoms with Crippen molar-refractivity contribution in [3.8, 4) is 0 Å². The van der Waals surface area contributed by atoms with Gasteiger partial charge in [-0.05, 0) is 30.9 Å². The van der Waals surface area contributed by atoms with E-state index in [1.165, 1.54) is 25.7 Å². The lowest BCUT2D eigenvalue weighted by atomic mass is 10.1. The maximum atomic E-state index is 11.4. The molecule has 0 radical (unpaired) electrons. The Balaban J connectivity index is 1.90. The lowest BCUT2D eigenvalue weighted by molar-refractivity contribution is 0.0692. The number of hydrogen-bond donors (Lipinski definition) is 1. The zero-order valence-electron chi connectivity index (χ0n) is 11.2. The van der Waals surface area contributed by atoms with Gasteiger partial charge in [-0.2, -0.15) is 0 Å². The van der Waals surface area contributed by atoms with Crippen molar-refractivity contribution in [2.75, 3.05) is 5.75 Å². The molecule has 20 heavy (non-hydrogen) atoms. The van der Waals surface area contributed by atoms with Crippen LogP contribution in [-0.4, -0.2) is 21.8 Å². The normalized spacial score (nSPS) is 15.8.